The van der Waals surface area contributed by atoms with Crippen molar-refractivity contribution in [3.63, 3.8) is 0 Å². The molecule has 2 atom stereocenters. The van der Waals surface area contributed by atoms with E-state index in [2.05, 4.69) is 36.5 Å². The highest BCUT2D eigenvalue weighted by Crippen LogP contribution is 2.24. The lowest BCUT2D eigenvalue weighted by Crippen LogP contribution is -2.35. The van der Waals surface area contributed by atoms with Crippen LogP contribution in [0.4, 0.5) is 0 Å². The van der Waals surface area contributed by atoms with Crippen molar-refractivity contribution in [2.24, 2.45) is 5.92 Å². The third-order valence-corrected chi connectivity index (χ3v) is 5.25. The van der Waals surface area contributed by atoms with E-state index >= 15 is 0 Å². The van der Waals surface area contributed by atoms with Crippen molar-refractivity contribution in [2.75, 3.05) is 12.3 Å². The number of rotatable bonds is 7. The first-order valence-electron chi connectivity index (χ1n) is 8.24. The molecule has 1 aliphatic rings. The van der Waals surface area contributed by atoms with Gasteiger partial charge in [0, 0.05) is 18.2 Å². The Labute approximate surface area is 137 Å². The molecule has 0 radical (unpaired) electrons. The number of hydrogen-bond acceptors (Lipinski definition) is 3. The summed E-state index contributed by atoms with van der Waals surface area (Å²) >= 11 is 1.91. The minimum Gasteiger partial charge on any atom is -0.393 e. The molecule has 122 valence electrons. The van der Waals surface area contributed by atoms with Gasteiger partial charge in [0.15, 0.2) is 0 Å². The maximum atomic E-state index is 12.0. The fourth-order valence-corrected chi connectivity index (χ4v) is 3.83. The minimum atomic E-state index is -0.283. The smallest absolute Gasteiger partial charge is 0.223 e. The molecule has 1 aromatic carbocycles. The molecule has 1 aromatic rings. The second-order valence-corrected chi connectivity index (χ2v) is 7.31. The molecule has 1 amide bonds. The average Bonchev–Trinajstić information content (AvgIpc) is 2.50. The lowest BCUT2D eigenvalue weighted by atomic mass is 9.87. The predicted octanol–water partition coefficient (Wildman–Crippen LogP) is 3.29. The molecular weight excluding hydrogens is 294 g/mol. The van der Waals surface area contributed by atoms with E-state index in [0.29, 0.717) is 6.42 Å². The molecule has 0 aliphatic heterocycles. The molecule has 0 spiro atoms. The van der Waals surface area contributed by atoms with Gasteiger partial charge in [-0.25, -0.2) is 0 Å². The number of thioether (sulfide) groups is 1. The summed E-state index contributed by atoms with van der Waals surface area (Å²) < 4.78 is 0. The highest BCUT2D eigenvalue weighted by molar-refractivity contribution is 7.98. The molecule has 2 rings (SSSR count). The standard InChI is InChI=1S/C18H27NO2S/c1-14-5-2-6-15(11-14)13-22-10-4-9-19-18(21)16-7-3-8-17(20)12-16/h2,5-6,11,16-17,20H,3-4,7-10,12-13H2,1H3,(H,19,21)/t16-,17+/m1/s1. The van der Waals surface area contributed by atoms with Crippen LogP contribution in [0.2, 0.25) is 0 Å². The number of aliphatic hydroxyl groups excluding tert-OH is 1. The zero-order chi connectivity index (χ0) is 15.8. The second-order valence-electron chi connectivity index (χ2n) is 6.20. The van der Waals surface area contributed by atoms with Crippen molar-refractivity contribution in [2.45, 2.75) is 50.9 Å². The highest BCUT2D eigenvalue weighted by atomic mass is 32.2. The molecule has 4 heteroatoms. The van der Waals surface area contributed by atoms with Crippen LogP contribution >= 0.6 is 11.8 Å². The number of aryl methyl sites for hydroxylation is 1. The molecule has 0 saturated heterocycles. The molecule has 1 fully saturated rings. The Morgan fingerprint density at radius 3 is 3.05 bits per heavy atom. The molecule has 3 nitrogen and oxygen atoms in total. The second kappa shape index (κ2) is 9.21. The fraction of sp³-hybridized carbons (Fsp3) is 0.611. The summed E-state index contributed by atoms with van der Waals surface area (Å²) in [7, 11) is 0. The number of carbonyl (C=O) groups excluding carboxylic acids is 1. The molecule has 22 heavy (non-hydrogen) atoms. The van der Waals surface area contributed by atoms with Gasteiger partial charge in [0.1, 0.15) is 0 Å². The van der Waals surface area contributed by atoms with Gasteiger partial charge in [-0.05, 0) is 43.9 Å². The quantitative estimate of drug-likeness (QED) is 0.758. The van der Waals surface area contributed by atoms with Crippen LogP contribution < -0.4 is 5.32 Å². The SMILES string of the molecule is Cc1cccc(CSCCCNC(=O)[C@@H]2CCC[C@H](O)C2)c1. The average molecular weight is 321 g/mol. The van der Waals surface area contributed by atoms with Gasteiger partial charge in [-0.2, -0.15) is 11.8 Å². The van der Waals surface area contributed by atoms with Gasteiger partial charge in [0.2, 0.25) is 5.91 Å². The number of amides is 1. The van der Waals surface area contributed by atoms with Crippen LogP contribution in [-0.4, -0.2) is 29.4 Å². The van der Waals surface area contributed by atoms with Crippen molar-refractivity contribution >= 4 is 17.7 Å². The summed E-state index contributed by atoms with van der Waals surface area (Å²) in [6.07, 6.45) is 4.08. The van der Waals surface area contributed by atoms with E-state index in [1.165, 1.54) is 11.1 Å². The maximum absolute atomic E-state index is 12.0. The van der Waals surface area contributed by atoms with Crippen LogP contribution in [-0.2, 0) is 10.5 Å². The number of carbonyl (C=O) groups is 1. The summed E-state index contributed by atoms with van der Waals surface area (Å²) in [6.45, 7) is 2.86. The van der Waals surface area contributed by atoms with Gasteiger partial charge < -0.3 is 10.4 Å². The van der Waals surface area contributed by atoms with Crippen molar-refractivity contribution < 1.29 is 9.90 Å². The minimum absolute atomic E-state index is 0.0173. The number of benzene rings is 1. The third-order valence-electron chi connectivity index (χ3n) is 4.13. The Balaban J connectivity index is 1.54. The fourth-order valence-electron chi connectivity index (χ4n) is 2.92. The molecular formula is C18H27NO2S. The molecule has 2 N–H and O–H groups in total. The van der Waals surface area contributed by atoms with Crippen molar-refractivity contribution in [1.82, 2.24) is 5.32 Å². The van der Waals surface area contributed by atoms with E-state index in [-0.39, 0.29) is 17.9 Å². The van der Waals surface area contributed by atoms with Gasteiger partial charge in [0.25, 0.3) is 0 Å². The van der Waals surface area contributed by atoms with Gasteiger partial charge in [-0.1, -0.05) is 36.2 Å². The monoisotopic (exact) mass is 321 g/mol. The summed E-state index contributed by atoms with van der Waals surface area (Å²) in [5.74, 6) is 2.23. The number of nitrogens with one attached hydrogen (secondary N) is 1. The Hall–Kier alpha value is -1.00. The van der Waals surface area contributed by atoms with Gasteiger partial charge in [0.05, 0.1) is 6.10 Å². The Morgan fingerprint density at radius 1 is 1.41 bits per heavy atom. The summed E-state index contributed by atoms with van der Waals surface area (Å²) in [5.41, 5.74) is 2.67. The van der Waals surface area contributed by atoms with Crippen LogP contribution in [0.3, 0.4) is 0 Å². The number of hydrogen-bond donors (Lipinski definition) is 2. The third kappa shape index (κ3) is 6.01. The summed E-state index contributed by atoms with van der Waals surface area (Å²) in [6, 6.07) is 8.61. The normalized spacial score (nSPS) is 21.5. The summed E-state index contributed by atoms with van der Waals surface area (Å²) in [5, 5.41) is 12.6. The molecule has 0 heterocycles. The van der Waals surface area contributed by atoms with E-state index < -0.39 is 0 Å². The van der Waals surface area contributed by atoms with Crippen LogP contribution in [0.15, 0.2) is 24.3 Å². The Morgan fingerprint density at radius 2 is 2.27 bits per heavy atom. The number of aliphatic hydroxyl groups is 1. The van der Waals surface area contributed by atoms with E-state index in [9.17, 15) is 9.90 Å². The topological polar surface area (TPSA) is 49.3 Å². The van der Waals surface area contributed by atoms with E-state index in [1.54, 1.807) is 0 Å². The Bertz CT molecular complexity index is 478. The lowest BCUT2D eigenvalue weighted by Gasteiger charge is -2.24. The van der Waals surface area contributed by atoms with Crippen LogP contribution in [0, 0.1) is 12.8 Å². The first kappa shape index (κ1) is 17.4. The molecule has 1 saturated carbocycles. The molecule has 0 aromatic heterocycles. The van der Waals surface area contributed by atoms with Crippen molar-refractivity contribution in [3.8, 4) is 0 Å². The predicted molar refractivity (Wildman–Crippen MR) is 92.9 cm³/mol. The van der Waals surface area contributed by atoms with Crippen LogP contribution in [0.5, 0.6) is 0 Å². The first-order valence-corrected chi connectivity index (χ1v) is 9.39. The first-order chi connectivity index (χ1) is 10.6. The largest absolute Gasteiger partial charge is 0.393 e. The molecule has 0 bridgehead atoms. The van der Waals surface area contributed by atoms with Crippen LogP contribution in [0.1, 0.15) is 43.2 Å². The molecule has 1 aliphatic carbocycles. The van der Waals surface area contributed by atoms with E-state index in [1.807, 2.05) is 11.8 Å². The van der Waals surface area contributed by atoms with Gasteiger partial charge in [-0.3, -0.25) is 4.79 Å². The lowest BCUT2D eigenvalue weighted by molar-refractivity contribution is -0.127. The zero-order valence-corrected chi connectivity index (χ0v) is 14.2. The van der Waals surface area contributed by atoms with Crippen molar-refractivity contribution in [1.29, 1.82) is 0 Å². The van der Waals surface area contributed by atoms with E-state index in [4.69, 9.17) is 0 Å². The highest BCUT2D eigenvalue weighted by Gasteiger charge is 2.25. The Kier molecular flexibility index (Phi) is 7.26. The molecule has 0 unspecified atom stereocenters. The van der Waals surface area contributed by atoms with Gasteiger partial charge in [-0.15, -0.1) is 0 Å². The zero-order valence-electron chi connectivity index (χ0n) is 13.4. The van der Waals surface area contributed by atoms with Gasteiger partial charge >= 0.3 is 0 Å². The summed E-state index contributed by atoms with van der Waals surface area (Å²) in [4.78, 5) is 12.0. The van der Waals surface area contributed by atoms with Crippen molar-refractivity contribution in [3.05, 3.63) is 35.4 Å². The maximum Gasteiger partial charge on any atom is 0.223 e. The van der Waals surface area contributed by atoms with Crippen LogP contribution in [0.25, 0.3) is 0 Å². The van der Waals surface area contributed by atoms with E-state index in [0.717, 1.165) is 43.7 Å².